The van der Waals surface area contributed by atoms with Crippen LogP contribution in [0.5, 0.6) is 0 Å². The molecule has 0 aromatic heterocycles. The average molecular weight is 280 g/mol. The van der Waals surface area contributed by atoms with E-state index in [1.54, 1.807) is 11.8 Å². The van der Waals surface area contributed by atoms with Crippen molar-refractivity contribution >= 4 is 23.5 Å². The molecule has 1 aromatic rings. The molecular formula is C14H20N2O2S. The molecule has 1 aliphatic rings. The molecule has 2 rings (SSSR count). The number of benzene rings is 1. The SMILES string of the molecule is CSc1ccc(NC(=O)NC2CCC(O)CC2)cc1. The van der Waals surface area contributed by atoms with E-state index in [1.165, 1.54) is 4.90 Å². The largest absolute Gasteiger partial charge is 0.393 e. The van der Waals surface area contributed by atoms with Crippen molar-refractivity contribution in [1.82, 2.24) is 5.32 Å². The third-order valence-electron chi connectivity index (χ3n) is 3.38. The van der Waals surface area contributed by atoms with Crippen LogP contribution in [-0.4, -0.2) is 29.5 Å². The zero-order valence-electron chi connectivity index (χ0n) is 11.1. The van der Waals surface area contributed by atoms with Crippen LogP contribution in [0.2, 0.25) is 0 Å². The predicted molar refractivity (Wildman–Crippen MR) is 78.6 cm³/mol. The average Bonchev–Trinajstić information content (AvgIpc) is 2.42. The Balaban J connectivity index is 1.80. The van der Waals surface area contributed by atoms with Gasteiger partial charge in [0.2, 0.25) is 0 Å². The Hall–Kier alpha value is -1.20. The predicted octanol–water partition coefficient (Wildman–Crippen LogP) is 2.83. The topological polar surface area (TPSA) is 61.4 Å². The van der Waals surface area contributed by atoms with Crippen molar-refractivity contribution in [3.8, 4) is 0 Å². The molecular weight excluding hydrogens is 260 g/mol. The lowest BCUT2D eigenvalue weighted by molar-refractivity contribution is 0.118. The Kier molecular flexibility index (Phi) is 5.10. The number of thioether (sulfide) groups is 1. The molecule has 2 amide bonds. The summed E-state index contributed by atoms with van der Waals surface area (Å²) in [5.74, 6) is 0. The quantitative estimate of drug-likeness (QED) is 0.746. The second-order valence-electron chi connectivity index (χ2n) is 4.83. The highest BCUT2D eigenvalue weighted by molar-refractivity contribution is 7.98. The van der Waals surface area contributed by atoms with E-state index in [0.29, 0.717) is 0 Å². The second-order valence-corrected chi connectivity index (χ2v) is 5.71. The molecule has 1 aromatic carbocycles. The van der Waals surface area contributed by atoms with E-state index in [-0.39, 0.29) is 18.2 Å². The number of amides is 2. The number of carbonyl (C=O) groups is 1. The third-order valence-corrected chi connectivity index (χ3v) is 4.12. The molecule has 0 bridgehead atoms. The maximum Gasteiger partial charge on any atom is 0.319 e. The number of nitrogens with one attached hydrogen (secondary N) is 2. The molecule has 0 radical (unpaired) electrons. The van der Waals surface area contributed by atoms with E-state index >= 15 is 0 Å². The van der Waals surface area contributed by atoms with Crippen LogP contribution in [0.25, 0.3) is 0 Å². The standard InChI is InChI=1S/C14H20N2O2S/c1-19-13-8-4-11(5-9-13)16-14(18)15-10-2-6-12(17)7-3-10/h4-5,8-10,12,17H,2-3,6-7H2,1H3,(H2,15,16,18). The molecule has 4 nitrogen and oxygen atoms in total. The van der Waals surface area contributed by atoms with Crippen molar-refractivity contribution < 1.29 is 9.90 Å². The zero-order valence-corrected chi connectivity index (χ0v) is 11.9. The molecule has 19 heavy (non-hydrogen) atoms. The molecule has 0 saturated heterocycles. The molecule has 0 spiro atoms. The zero-order chi connectivity index (χ0) is 13.7. The lowest BCUT2D eigenvalue weighted by atomic mass is 9.93. The van der Waals surface area contributed by atoms with Crippen LogP contribution in [0.4, 0.5) is 10.5 Å². The van der Waals surface area contributed by atoms with E-state index in [2.05, 4.69) is 10.6 Å². The fraction of sp³-hybridized carbons (Fsp3) is 0.500. The lowest BCUT2D eigenvalue weighted by Gasteiger charge is -2.26. The highest BCUT2D eigenvalue weighted by Crippen LogP contribution is 2.19. The van der Waals surface area contributed by atoms with Gasteiger partial charge in [-0.3, -0.25) is 0 Å². The fourth-order valence-corrected chi connectivity index (χ4v) is 2.66. The molecule has 1 saturated carbocycles. The Morgan fingerprint density at radius 3 is 2.42 bits per heavy atom. The molecule has 0 unspecified atom stereocenters. The normalized spacial score (nSPS) is 22.8. The summed E-state index contributed by atoms with van der Waals surface area (Å²) in [6.07, 6.45) is 5.06. The van der Waals surface area contributed by atoms with Gasteiger partial charge in [0.15, 0.2) is 0 Å². The first-order valence-corrected chi connectivity index (χ1v) is 7.79. The van der Waals surface area contributed by atoms with E-state index in [4.69, 9.17) is 0 Å². The van der Waals surface area contributed by atoms with Crippen molar-refractivity contribution in [3.63, 3.8) is 0 Å². The summed E-state index contributed by atoms with van der Waals surface area (Å²) >= 11 is 1.67. The van der Waals surface area contributed by atoms with Gasteiger partial charge in [0, 0.05) is 16.6 Å². The van der Waals surface area contributed by atoms with Gasteiger partial charge in [-0.2, -0.15) is 0 Å². The van der Waals surface area contributed by atoms with Gasteiger partial charge in [-0.1, -0.05) is 0 Å². The summed E-state index contributed by atoms with van der Waals surface area (Å²) in [6.45, 7) is 0. The molecule has 104 valence electrons. The van der Waals surface area contributed by atoms with Crippen molar-refractivity contribution in [1.29, 1.82) is 0 Å². The highest BCUT2D eigenvalue weighted by Gasteiger charge is 2.20. The minimum atomic E-state index is -0.194. The highest BCUT2D eigenvalue weighted by atomic mass is 32.2. The molecule has 1 fully saturated rings. The van der Waals surface area contributed by atoms with Crippen LogP contribution in [0.3, 0.4) is 0 Å². The summed E-state index contributed by atoms with van der Waals surface area (Å²) in [5, 5.41) is 15.2. The van der Waals surface area contributed by atoms with Gasteiger partial charge in [0.05, 0.1) is 6.10 Å². The van der Waals surface area contributed by atoms with E-state index < -0.39 is 0 Å². The third kappa shape index (κ3) is 4.44. The summed E-state index contributed by atoms with van der Waals surface area (Å²) < 4.78 is 0. The van der Waals surface area contributed by atoms with Crippen molar-refractivity contribution in [3.05, 3.63) is 24.3 Å². The molecule has 0 heterocycles. The minimum absolute atomic E-state index is 0.168. The number of aliphatic hydroxyl groups is 1. The van der Waals surface area contributed by atoms with Crippen LogP contribution >= 0.6 is 11.8 Å². The minimum Gasteiger partial charge on any atom is -0.393 e. The summed E-state index contributed by atoms with van der Waals surface area (Å²) in [7, 11) is 0. The lowest BCUT2D eigenvalue weighted by Crippen LogP contribution is -2.40. The van der Waals surface area contributed by atoms with Crippen LogP contribution in [0.15, 0.2) is 29.2 Å². The van der Waals surface area contributed by atoms with Gasteiger partial charge in [0.1, 0.15) is 0 Å². The van der Waals surface area contributed by atoms with Crippen molar-refractivity contribution in [2.45, 2.75) is 42.7 Å². The molecule has 0 atom stereocenters. The molecule has 3 N–H and O–H groups in total. The van der Waals surface area contributed by atoms with Gasteiger partial charge in [-0.05, 0) is 56.2 Å². The Morgan fingerprint density at radius 2 is 1.84 bits per heavy atom. The number of anilines is 1. The maximum absolute atomic E-state index is 11.8. The Labute approximate surface area is 118 Å². The number of carbonyl (C=O) groups excluding carboxylic acids is 1. The first kappa shape index (κ1) is 14.2. The fourth-order valence-electron chi connectivity index (χ4n) is 2.25. The second kappa shape index (κ2) is 6.82. The van der Waals surface area contributed by atoms with Gasteiger partial charge < -0.3 is 15.7 Å². The van der Waals surface area contributed by atoms with Crippen molar-refractivity contribution in [2.75, 3.05) is 11.6 Å². The monoisotopic (exact) mass is 280 g/mol. The van der Waals surface area contributed by atoms with Crippen LogP contribution in [0.1, 0.15) is 25.7 Å². The first-order chi connectivity index (χ1) is 9.17. The van der Waals surface area contributed by atoms with Gasteiger partial charge in [0.25, 0.3) is 0 Å². The molecule has 0 aliphatic heterocycles. The molecule has 1 aliphatic carbocycles. The Bertz CT molecular complexity index is 414. The molecule has 5 heteroatoms. The van der Waals surface area contributed by atoms with E-state index in [0.717, 1.165) is 31.4 Å². The number of urea groups is 1. The van der Waals surface area contributed by atoms with Gasteiger partial charge >= 0.3 is 6.03 Å². The number of rotatable bonds is 3. The van der Waals surface area contributed by atoms with Crippen molar-refractivity contribution in [2.24, 2.45) is 0 Å². The van der Waals surface area contributed by atoms with Crippen LogP contribution in [0, 0.1) is 0 Å². The summed E-state index contributed by atoms with van der Waals surface area (Å²) in [4.78, 5) is 13.0. The number of aliphatic hydroxyl groups excluding tert-OH is 1. The first-order valence-electron chi connectivity index (χ1n) is 6.57. The summed E-state index contributed by atoms with van der Waals surface area (Å²) in [6, 6.07) is 7.77. The van der Waals surface area contributed by atoms with Gasteiger partial charge in [-0.25, -0.2) is 4.79 Å². The van der Waals surface area contributed by atoms with E-state index in [1.807, 2.05) is 30.5 Å². The smallest absolute Gasteiger partial charge is 0.319 e. The van der Waals surface area contributed by atoms with Crippen LogP contribution in [-0.2, 0) is 0 Å². The maximum atomic E-state index is 11.8. The number of hydrogen-bond donors (Lipinski definition) is 3. The Morgan fingerprint density at radius 1 is 1.21 bits per heavy atom. The van der Waals surface area contributed by atoms with Crippen LogP contribution < -0.4 is 10.6 Å². The van der Waals surface area contributed by atoms with E-state index in [9.17, 15) is 9.90 Å². The summed E-state index contributed by atoms with van der Waals surface area (Å²) in [5.41, 5.74) is 0.797. The number of hydrogen-bond acceptors (Lipinski definition) is 3. The van der Waals surface area contributed by atoms with Gasteiger partial charge in [-0.15, -0.1) is 11.8 Å².